The lowest BCUT2D eigenvalue weighted by atomic mass is 10.1. The number of benzene rings is 1. The highest BCUT2D eigenvalue weighted by atomic mass is 79.9. The molecule has 0 amide bonds. The topological polar surface area (TPSA) is 53.1 Å². The van der Waals surface area contributed by atoms with Crippen molar-refractivity contribution >= 4 is 15.9 Å². The molecule has 0 unspecified atom stereocenters. The van der Waals surface area contributed by atoms with Crippen molar-refractivity contribution in [3.63, 3.8) is 0 Å². The number of rotatable bonds is 5. The molecule has 0 bridgehead atoms. The Balaban J connectivity index is 2.10. The van der Waals surface area contributed by atoms with Crippen LogP contribution in [0.2, 0.25) is 0 Å². The molecule has 0 aliphatic carbocycles. The maximum absolute atomic E-state index is 5.98. The van der Waals surface area contributed by atoms with Crippen molar-refractivity contribution in [2.45, 2.75) is 39.5 Å². The summed E-state index contributed by atoms with van der Waals surface area (Å²) in [7, 11) is 0. The zero-order valence-corrected chi connectivity index (χ0v) is 13.6. The molecule has 2 aromatic rings. The fourth-order valence-corrected chi connectivity index (χ4v) is 2.28. The number of hydrogen-bond acceptors (Lipinski definition) is 3. The van der Waals surface area contributed by atoms with Crippen LogP contribution in [0.3, 0.4) is 0 Å². The Morgan fingerprint density at radius 3 is 2.65 bits per heavy atom. The summed E-state index contributed by atoms with van der Waals surface area (Å²) in [4.78, 5) is 0. The second kappa shape index (κ2) is 6.41. The van der Waals surface area contributed by atoms with Gasteiger partial charge in [0, 0.05) is 28.3 Å². The Bertz CT molecular complexity index is 578. The van der Waals surface area contributed by atoms with E-state index in [0.717, 1.165) is 21.5 Å². The lowest BCUT2D eigenvalue weighted by molar-refractivity contribution is 0.294. The predicted molar refractivity (Wildman–Crippen MR) is 83.7 cm³/mol. The molecule has 1 heterocycles. The van der Waals surface area contributed by atoms with Crippen LogP contribution in [0.15, 0.2) is 34.9 Å². The van der Waals surface area contributed by atoms with E-state index in [2.05, 4.69) is 34.9 Å². The minimum absolute atomic E-state index is 0.0734. The van der Waals surface area contributed by atoms with E-state index in [1.54, 1.807) is 0 Å². The molecule has 4 nitrogen and oxygen atoms in total. The Morgan fingerprint density at radius 2 is 2.05 bits per heavy atom. The van der Waals surface area contributed by atoms with Gasteiger partial charge in [0.05, 0.1) is 5.69 Å². The van der Waals surface area contributed by atoms with Gasteiger partial charge < -0.3 is 10.5 Å². The average molecular weight is 338 g/mol. The summed E-state index contributed by atoms with van der Waals surface area (Å²) in [6, 6.07) is 8.14. The van der Waals surface area contributed by atoms with Crippen LogP contribution in [-0.4, -0.2) is 9.78 Å². The van der Waals surface area contributed by atoms with Gasteiger partial charge in [-0.1, -0.05) is 15.9 Å². The lowest BCUT2D eigenvalue weighted by Crippen LogP contribution is -2.08. The summed E-state index contributed by atoms with van der Waals surface area (Å²) in [5.74, 6) is 0.808. The molecule has 0 radical (unpaired) electrons. The minimum atomic E-state index is -0.0734. The van der Waals surface area contributed by atoms with E-state index in [1.165, 1.54) is 0 Å². The van der Waals surface area contributed by atoms with Crippen molar-refractivity contribution in [3.05, 3.63) is 46.2 Å². The Kier molecular flexibility index (Phi) is 4.83. The number of aromatic nitrogens is 2. The molecular weight excluding hydrogens is 318 g/mol. The molecule has 20 heavy (non-hydrogen) atoms. The van der Waals surface area contributed by atoms with Crippen LogP contribution in [0.5, 0.6) is 5.75 Å². The first-order valence-corrected chi connectivity index (χ1v) is 7.48. The average Bonchev–Trinajstić information content (AvgIpc) is 2.86. The van der Waals surface area contributed by atoms with Crippen molar-refractivity contribution in [1.82, 2.24) is 9.78 Å². The molecule has 1 aromatic carbocycles. The second-order valence-corrected chi connectivity index (χ2v) is 6.06. The molecule has 2 N–H and O–H groups in total. The zero-order chi connectivity index (χ0) is 14.7. The van der Waals surface area contributed by atoms with Gasteiger partial charge in [-0.15, -0.1) is 0 Å². The fourth-order valence-electron chi connectivity index (χ4n) is 1.90. The van der Waals surface area contributed by atoms with Crippen LogP contribution in [0, 0.1) is 0 Å². The van der Waals surface area contributed by atoms with E-state index >= 15 is 0 Å². The van der Waals surface area contributed by atoms with Gasteiger partial charge >= 0.3 is 0 Å². The van der Waals surface area contributed by atoms with E-state index in [9.17, 15) is 0 Å². The van der Waals surface area contributed by atoms with E-state index in [4.69, 9.17) is 10.5 Å². The Labute approximate surface area is 128 Å². The summed E-state index contributed by atoms with van der Waals surface area (Å²) in [5.41, 5.74) is 7.88. The highest BCUT2D eigenvalue weighted by Gasteiger charge is 2.10. The number of ether oxygens (including phenoxy) is 1. The molecule has 0 saturated heterocycles. The monoisotopic (exact) mass is 337 g/mol. The summed E-state index contributed by atoms with van der Waals surface area (Å²) in [5, 5.41) is 4.47. The number of hydrogen-bond donors (Lipinski definition) is 1. The third kappa shape index (κ3) is 3.61. The first kappa shape index (κ1) is 15.1. The summed E-state index contributed by atoms with van der Waals surface area (Å²) in [6.07, 6.45) is 1.97. The van der Waals surface area contributed by atoms with Crippen molar-refractivity contribution in [2.24, 2.45) is 5.73 Å². The van der Waals surface area contributed by atoms with E-state index in [-0.39, 0.29) is 6.04 Å². The lowest BCUT2D eigenvalue weighted by Gasteiger charge is -2.14. The molecule has 108 valence electrons. The van der Waals surface area contributed by atoms with Crippen LogP contribution in [-0.2, 0) is 6.61 Å². The van der Waals surface area contributed by atoms with E-state index in [0.29, 0.717) is 12.6 Å². The number of halogens is 1. The van der Waals surface area contributed by atoms with Crippen LogP contribution >= 0.6 is 15.9 Å². The molecule has 1 aromatic heterocycles. The van der Waals surface area contributed by atoms with E-state index in [1.807, 2.05) is 42.1 Å². The molecule has 1 atom stereocenters. The van der Waals surface area contributed by atoms with Crippen LogP contribution in [0.1, 0.15) is 44.1 Å². The largest absolute Gasteiger partial charge is 0.487 e. The fraction of sp³-hybridized carbons (Fsp3) is 0.400. The summed E-state index contributed by atoms with van der Waals surface area (Å²) < 4.78 is 8.78. The van der Waals surface area contributed by atoms with Gasteiger partial charge in [0.1, 0.15) is 12.4 Å². The third-order valence-electron chi connectivity index (χ3n) is 3.03. The maximum atomic E-state index is 5.98. The first-order valence-electron chi connectivity index (χ1n) is 6.69. The van der Waals surface area contributed by atoms with Crippen LogP contribution in [0.25, 0.3) is 0 Å². The van der Waals surface area contributed by atoms with Crippen LogP contribution < -0.4 is 10.5 Å². The van der Waals surface area contributed by atoms with Crippen molar-refractivity contribution < 1.29 is 4.74 Å². The smallest absolute Gasteiger partial charge is 0.132 e. The molecule has 0 saturated carbocycles. The van der Waals surface area contributed by atoms with Gasteiger partial charge in [-0.2, -0.15) is 5.10 Å². The molecule has 5 heteroatoms. The van der Waals surface area contributed by atoms with Gasteiger partial charge in [-0.05, 0) is 45.0 Å². The first-order chi connectivity index (χ1) is 9.47. The van der Waals surface area contributed by atoms with Gasteiger partial charge in [-0.25, -0.2) is 0 Å². The normalized spacial score (nSPS) is 12.7. The molecule has 0 fully saturated rings. The van der Waals surface area contributed by atoms with Gasteiger partial charge in [0.15, 0.2) is 0 Å². The van der Waals surface area contributed by atoms with Gasteiger partial charge in [0.25, 0.3) is 0 Å². The van der Waals surface area contributed by atoms with Crippen molar-refractivity contribution in [1.29, 1.82) is 0 Å². The van der Waals surface area contributed by atoms with Crippen molar-refractivity contribution in [3.8, 4) is 5.75 Å². The molecule has 2 rings (SSSR count). The molecule has 0 aliphatic rings. The number of nitrogens with zero attached hydrogens (tertiary/aromatic N) is 2. The standard InChI is InChI=1S/C15H20BrN3O/c1-10(2)19-7-6-13(18-19)9-20-15-5-4-12(16)8-14(15)11(3)17/h4-8,10-11H,9,17H2,1-3H3/t11-/m0/s1. The van der Waals surface area contributed by atoms with Gasteiger partial charge in [0.2, 0.25) is 0 Å². The molecule has 0 aliphatic heterocycles. The molecule has 0 spiro atoms. The quantitative estimate of drug-likeness (QED) is 0.902. The molecular formula is C15H20BrN3O. The SMILES string of the molecule is CC(C)n1ccc(COc2ccc(Br)cc2[C@H](C)N)n1. The zero-order valence-electron chi connectivity index (χ0n) is 12.0. The van der Waals surface area contributed by atoms with Crippen molar-refractivity contribution in [2.75, 3.05) is 0 Å². The Morgan fingerprint density at radius 1 is 1.30 bits per heavy atom. The number of nitrogens with two attached hydrogens (primary N) is 1. The highest BCUT2D eigenvalue weighted by molar-refractivity contribution is 9.10. The second-order valence-electron chi connectivity index (χ2n) is 5.14. The van der Waals surface area contributed by atoms with E-state index < -0.39 is 0 Å². The highest BCUT2D eigenvalue weighted by Crippen LogP contribution is 2.28. The summed E-state index contributed by atoms with van der Waals surface area (Å²) >= 11 is 3.45. The predicted octanol–water partition coefficient (Wildman–Crippen LogP) is 3.83. The summed E-state index contributed by atoms with van der Waals surface area (Å²) in [6.45, 7) is 6.59. The van der Waals surface area contributed by atoms with Gasteiger partial charge in [-0.3, -0.25) is 4.68 Å². The minimum Gasteiger partial charge on any atom is -0.487 e. The van der Waals surface area contributed by atoms with Crippen LogP contribution in [0.4, 0.5) is 0 Å². The Hall–Kier alpha value is -1.33. The maximum Gasteiger partial charge on any atom is 0.132 e. The third-order valence-corrected chi connectivity index (χ3v) is 3.52.